The molecule has 1 aromatic heterocycles. The van der Waals surface area contributed by atoms with Gasteiger partial charge in [0.25, 0.3) is 0 Å². The van der Waals surface area contributed by atoms with Crippen LogP contribution in [0.4, 0.5) is 5.69 Å². The quantitative estimate of drug-likeness (QED) is 0.825. The van der Waals surface area contributed by atoms with Gasteiger partial charge in [-0.05, 0) is 25.8 Å². The van der Waals surface area contributed by atoms with Crippen molar-refractivity contribution in [2.45, 2.75) is 38.6 Å². The Bertz CT molecular complexity index is 393. The Morgan fingerprint density at radius 1 is 1.65 bits per heavy atom. The zero-order valence-electron chi connectivity index (χ0n) is 10.5. The summed E-state index contributed by atoms with van der Waals surface area (Å²) in [6, 6.07) is -0.0475. The first-order valence-electron chi connectivity index (χ1n) is 6.27. The van der Waals surface area contributed by atoms with E-state index in [0.717, 1.165) is 43.6 Å². The molecule has 1 aliphatic heterocycles. The lowest BCUT2D eigenvalue weighted by molar-refractivity contribution is -0.118. The monoisotopic (exact) mass is 236 g/mol. The summed E-state index contributed by atoms with van der Waals surface area (Å²) in [7, 11) is 1.87. The summed E-state index contributed by atoms with van der Waals surface area (Å²) in [5.41, 5.74) is 1.78. The van der Waals surface area contributed by atoms with E-state index in [-0.39, 0.29) is 11.9 Å². The van der Waals surface area contributed by atoms with Gasteiger partial charge in [-0.3, -0.25) is 9.48 Å². The molecule has 2 rings (SSSR count). The smallest absolute Gasteiger partial charge is 0.241 e. The van der Waals surface area contributed by atoms with Crippen molar-refractivity contribution in [3.63, 3.8) is 0 Å². The van der Waals surface area contributed by atoms with Gasteiger partial charge in [-0.1, -0.05) is 13.3 Å². The molecule has 5 heteroatoms. The topological polar surface area (TPSA) is 59.0 Å². The Kier molecular flexibility index (Phi) is 3.78. The number of carbonyl (C=O) groups is 1. The molecule has 1 saturated heterocycles. The first-order chi connectivity index (χ1) is 8.20. The number of carbonyl (C=O) groups excluding carboxylic acids is 1. The Balaban J connectivity index is 2.01. The molecule has 2 N–H and O–H groups in total. The lowest BCUT2D eigenvalue weighted by Crippen LogP contribution is -2.43. The molecule has 0 bridgehead atoms. The van der Waals surface area contributed by atoms with Gasteiger partial charge in [-0.2, -0.15) is 5.10 Å². The summed E-state index contributed by atoms with van der Waals surface area (Å²) in [5.74, 6) is 0.0624. The second-order valence-corrected chi connectivity index (χ2v) is 4.51. The number of piperidine rings is 1. The number of aryl methyl sites for hydroxylation is 2. The van der Waals surface area contributed by atoms with Gasteiger partial charge in [0.05, 0.1) is 17.4 Å². The maximum atomic E-state index is 12.0. The molecule has 0 spiro atoms. The lowest BCUT2D eigenvalue weighted by atomic mass is 10.0. The van der Waals surface area contributed by atoms with Crippen molar-refractivity contribution in [3.05, 3.63) is 11.9 Å². The third-order valence-corrected chi connectivity index (χ3v) is 3.12. The number of hydrogen-bond acceptors (Lipinski definition) is 3. The van der Waals surface area contributed by atoms with Crippen molar-refractivity contribution in [1.29, 1.82) is 0 Å². The number of hydrogen-bond donors (Lipinski definition) is 2. The molecule has 0 saturated carbocycles. The highest BCUT2D eigenvalue weighted by Gasteiger charge is 2.21. The van der Waals surface area contributed by atoms with Gasteiger partial charge in [0, 0.05) is 13.2 Å². The van der Waals surface area contributed by atoms with Gasteiger partial charge >= 0.3 is 0 Å². The Labute approximate surface area is 102 Å². The molecule has 0 radical (unpaired) electrons. The number of nitrogens with one attached hydrogen (secondary N) is 2. The van der Waals surface area contributed by atoms with Crippen LogP contribution in [0, 0.1) is 0 Å². The third kappa shape index (κ3) is 2.85. The highest BCUT2D eigenvalue weighted by atomic mass is 16.2. The molecule has 0 aliphatic carbocycles. The van der Waals surface area contributed by atoms with Crippen molar-refractivity contribution >= 4 is 11.6 Å². The molecule has 1 amide bonds. The van der Waals surface area contributed by atoms with Gasteiger partial charge in [-0.25, -0.2) is 0 Å². The molecule has 1 fully saturated rings. The maximum Gasteiger partial charge on any atom is 0.241 e. The molecule has 1 aliphatic rings. The Hall–Kier alpha value is -1.36. The second kappa shape index (κ2) is 5.31. The van der Waals surface area contributed by atoms with Gasteiger partial charge in [0.2, 0.25) is 5.91 Å². The number of nitrogens with zero attached hydrogens (tertiary/aromatic N) is 2. The summed E-state index contributed by atoms with van der Waals surface area (Å²) in [5, 5.41) is 10.5. The SMILES string of the molecule is CCc1nn(C)cc1NC(=O)C1CCCCN1. The highest BCUT2D eigenvalue weighted by molar-refractivity contribution is 5.95. The zero-order valence-corrected chi connectivity index (χ0v) is 10.5. The predicted octanol–water partition coefficient (Wildman–Crippen LogP) is 1.06. The molecular formula is C12H20N4O. The van der Waals surface area contributed by atoms with E-state index in [0.29, 0.717) is 0 Å². The van der Waals surface area contributed by atoms with Crippen molar-refractivity contribution in [1.82, 2.24) is 15.1 Å². The minimum Gasteiger partial charge on any atom is -0.322 e. The van der Waals surface area contributed by atoms with E-state index in [1.165, 1.54) is 0 Å². The number of amides is 1. The second-order valence-electron chi connectivity index (χ2n) is 4.51. The molecule has 1 unspecified atom stereocenters. The van der Waals surface area contributed by atoms with Gasteiger partial charge in [-0.15, -0.1) is 0 Å². The number of anilines is 1. The lowest BCUT2D eigenvalue weighted by Gasteiger charge is -2.22. The third-order valence-electron chi connectivity index (χ3n) is 3.12. The summed E-state index contributed by atoms with van der Waals surface area (Å²) < 4.78 is 1.74. The fourth-order valence-electron chi connectivity index (χ4n) is 2.20. The summed E-state index contributed by atoms with van der Waals surface area (Å²) >= 11 is 0. The van der Waals surface area contributed by atoms with Crippen LogP contribution in [-0.4, -0.2) is 28.3 Å². The molecule has 1 aromatic rings. The van der Waals surface area contributed by atoms with E-state index in [1.807, 2.05) is 20.2 Å². The van der Waals surface area contributed by atoms with Crippen LogP contribution < -0.4 is 10.6 Å². The normalized spacial score (nSPS) is 20.2. The molecule has 5 nitrogen and oxygen atoms in total. The average Bonchev–Trinajstić information content (AvgIpc) is 2.70. The van der Waals surface area contributed by atoms with Crippen molar-refractivity contribution in [2.75, 3.05) is 11.9 Å². The fourth-order valence-corrected chi connectivity index (χ4v) is 2.20. The average molecular weight is 236 g/mol. The van der Waals surface area contributed by atoms with E-state index in [2.05, 4.69) is 15.7 Å². The predicted molar refractivity (Wildman–Crippen MR) is 66.9 cm³/mol. The largest absolute Gasteiger partial charge is 0.322 e. The van der Waals surface area contributed by atoms with Crippen LogP contribution in [-0.2, 0) is 18.3 Å². The molecule has 94 valence electrons. The van der Waals surface area contributed by atoms with Crippen LogP contribution in [0.15, 0.2) is 6.20 Å². The number of aromatic nitrogens is 2. The van der Waals surface area contributed by atoms with Crippen LogP contribution in [0.1, 0.15) is 31.9 Å². The van der Waals surface area contributed by atoms with Crippen molar-refractivity contribution < 1.29 is 4.79 Å². The van der Waals surface area contributed by atoms with E-state index >= 15 is 0 Å². The molecule has 2 heterocycles. The number of rotatable bonds is 3. The molecule has 1 atom stereocenters. The van der Waals surface area contributed by atoms with Crippen molar-refractivity contribution in [2.24, 2.45) is 7.05 Å². The van der Waals surface area contributed by atoms with Crippen LogP contribution in [0.5, 0.6) is 0 Å². The van der Waals surface area contributed by atoms with Gasteiger partial charge in [0.15, 0.2) is 0 Å². The first kappa shape index (κ1) is 12.1. The van der Waals surface area contributed by atoms with E-state index in [1.54, 1.807) is 4.68 Å². The zero-order chi connectivity index (χ0) is 12.3. The molecule has 17 heavy (non-hydrogen) atoms. The molecule has 0 aromatic carbocycles. The summed E-state index contributed by atoms with van der Waals surface area (Å²) in [6.07, 6.45) is 5.90. The minimum atomic E-state index is -0.0475. The van der Waals surface area contributed by atoms with E-state index < -0.39 is 0 Å². The maximum absolute atomic E-state index is 12.0. The van der Waals surface area contributed by atoms with Crippen LogP contribution in [0.3, 0.4) is 0 Å². The molecular weight excluding hydrogens is 216 g/mol. The van der Waals surface area contributed by atoms with Gasteiger partial charge in [0.1, 0.15) is 0 Å². The van der Waals surface area contributed by atoms with Gasteiger partial charge < -0.3 is 10.6 Å². The van der Waals surface area contributed by atoms with Crippen LogP contribution >= 0.6 is 0 Å². The standard InChI is InChI=1S/C12H20N4O/c1-3-9-11(8-16(2)15-9)14-12(17)10-6-4-5-7-13-10/h8,10,13H,3-7H2,1-2H3,(H,14,17). The minimum absolute atomic E-state index is 0.0475. The van der Waals surface area contributed by atoms with Crippen LogP contribution in [0.2, 0.25) is 0 Å². The highest BCUT2D eigenvalue weighted by Crippen LogP contribution is 2.15. The Morgan fingerprint density at radius 2 is 2.47 bits per heavy atom. The van der Waals surface area contributed by atoms with E-state index in [4.69, 9.17) is 0 Å². The summed E-state index contributed by atoms with van der Waals surface area (Å²) in [4.78, 5) is 12.0. The first-order valence-corrected chi connectivity index (χ1v) is 6.27. The summed E-state index contributed by atoms with van der Waals surface area (Å²) in [6.45, 7) is 2.97. The van der Waals surface area contributed by atoms with E-state index in [9.17, 15) is 4.79 Å². The van der Waals surface area contributed by atoms with Crippen LogP contribution in [0.25, 0.3) is 0 Å². The fraction of sp³-hybridized carbons (Fsp3) is 0.667. The van der Waals surface area contributed by atoms with Crippen molar-refractivity contribution in [3.8, 4) is 0 Å². The Morgan fingerprint density at radius 3 is 3.12 bits per heavy atom.